The SMILES string of the molecule is Cc1cc(C)n(CCC(=O)NCc2nc(C3CCN(S(C)(=O)=O)CC3)no2)n1. The third-order valence-electron chi connectivity index (χ3n) is 4.86. The molecule has 1 N–H and O–H groups in total. The molecule has 0 spiro atoms. The summed E-state index contributed by atoms with van der Waals surface area (Å²) in [5.74, 6) is 0.867. The van der Waals surface area contributed by atoms with Crippen LogP contribution in [0.5, 0.6) is 0 Å². The Morgan fingerprint density at radius 2 is 2.04 bits per heavy atom. The molecular weight excluding hydrogens is 384 g/mol. The summed E-state index contributed by atoms with van der Waals surface area (Å²) in [6, 6.07) is 1.97. The molecule has 1 aliphatic rings. The number of carbonyl (C=O) groups excluding carboxylic acids is 1. The highest BCUT2D eigenvalue weighted by Gasteiger charge is 2.28. The molecule has 0 atom stereocenters. The highest BCUT2D eigenvalue weighted by atomic mass is 32.2. The van der Waals surface area contributed by atoms with Crippen LogP contribution in [0.1, 0.15) is 48.3 Å². The lowest BCUT2D eigenvalue weighted by atomic mass is 9.98. The minimum atomic E-state index is -3.16. The number of hydrogen-bond donors (Lipinski definition) is 1. The highest BCUT2D eigenvalue weighted by molar-refractivity contribution is 7.88. The van der Waals surface area contributed by atoms with Gasteiger partial charge in [-0.05, 0) is 32.8 Å². The number of amides is 1. The van der Waals surface area contributed by atoms with Gasteiger partial charge in [0.1, 0.15) is 0 Å². The van der Waals surface area contributed by atoms with Gasteiger partial charge in [-0.2, -0.15) is 10.1 Å². The van der Waals surface area contributed by atoms with Crippen molar-refractivity contribution in [3.8, 4) is 0 Å². The molecule has 0 aliphatic carbocycles. The van der Waals surface area contributed by atoms with E-state index in [-0.39, 0.29) is 18.4 Å². The Bertz CT molecular complexity index is 927. The van der Waals surface area contributed by atoms with Crippen LogP contribution in [0.15, 0.2) is 10.6 Å². The van der Waals surface area contributed by atoms with Crippen LogP contribution in [0.2, 0.25) is 0 Å². The first-order valence-corrected chi connectivity index (χ1v) is 11.1. The molecule has 3 heterocycles. The minimum Gasteiger partial charge on any atom is -0.347 e. The average molecular weight is 411 g/mol. The minimum absolute atomic E-state index is 0.0669. The topological polar surface area (TPSA) is 123 Å². The fourth-order valence-corrected chi connectivity index (χ4v) is 4.20. The van der Waals surface area contributed by atoms with E-state index in [0.717, 1.165) is 11.4 Å². The molecule has 2 aromatic heterocycles. The van der Waals surface area contributed by atoms with Crippen molar-refractivity contribution in [1.29, 1.82) is 0 Å². The van der Waals surface area contributed by atoms with Crippen LogP contribution in [0.3, 0.4) is 0 Å². The number of aromatic nitrogens is 4. The van der Waals surface area contributed by atoms with E-state index in [4.69, 9.17) is 4.52 Å². The number of carbonyl (C=O) groups is 1. The van der Waals surface area contributed by atoms with E-state index in [1.165, 1.54) is 10.6 Å². The van der Waals surface area contributed by atoms with E-state index < -0.39 is 10.0 Å². The summed E-state index contributed by atoms with van der Waals surface area (Å²) in [5, 5.41) is 11.1. The summed E-state index contributed by atoms with van der Waals surface area (Å²) in [5.41, 5.74) is 1.95. The number of aryl methyl sites for hydroxylation is 3. The summed E-state index contributed by atoms with van der Waals surface area (Å²) >= 11 is 0. The molecule has 154 valence electrons. The molecule has 2 aromatic rings. The van der Waals surface area contributed by atoms with E-state index in [2.05, 4.69) is 20.6 Å². The molecule has 0 aromatic carbocycles. The Morgan fingerprint density at radius 1 is 1.32 bits per heavy atom. The third kappa shape index (κ3) is 5.16. The van der Waals surface area contributed by atoms with Crippen LogP contribution in [-0.2, 0) is 27.9 Å². The summed E-state index contributed by atoms with van der Waals surface area (Å²) in [6.07, 6.45) is 2.84. The van der Waals surface area contributed by atoms with E-state index in [0.29, 0.717) is 50.6 Å². The first-order chi connectivity index (χ1) is 13.2. The number of hydrogen-bond acceptors (Lipinski definition) is 7. The summed E-state index contributed by atoms with van der Waals surface area (Å²) in [6.45, 7) is 5.47. The molecule has 28 heavy (non-hydrogen) atoms. The monoisotopic (exact) mass is 410 g/mol. The van der Waals surface area contributed by atoms with Gasteiger partial charge in [-0.25, -0.2) is 12.7 Å². The van der Waals surface area contributed by atoms with Gasteiger partial charge in [-0.15, -0.1) is 0 Å². The van der Waals surface area contributed by atoms with Crippen LogP contribution in [0, 0.1) is 13.8 Å². The smallest absolute Gasteiger partial charge is 0.246 e. The molecule has 1 fully saturated rings. The molecule has 10 nitrogen and oxygen atoms in total. The molecule has 3 rings (SSSR count). The lowest BCUT2D eigenvalue weighted by Gasteiger charge is -2.28. The van der Waals surface area contributed by atoms with Gasteiger partial charge in [0.15, 0.2) is 5.82 Å². The maximum Gasteiger partial charge on any atom is 0.246 e. The van der Waals surface area contributed by atoms with E-state index in [1.54, 1.807) is 0 Å². The Hall–Kier alpha value is -2.27. The molecule has 1 saturated heterocycles. The second kappa shape index (κ2) is 8.39. The largest absolute Gasteiger partial charge is 0.347 e. The zero-order chi connectivity index (χ0) is 20.3. The highest BCUT2D eigenvalue weighted by Crippen LogP contribution is 2.26. The number of sulfonamides is 1. The van der Waals surface area contributed by atoms with Crippen molar-refractivity contribution in [2.45, 2.75) is 52.1 Å². The summed E-state index contributed by atoms with van der Waals surface area (Å²) < 4.78 is 31.6. The molecule has 0 radical (unpaired) electrons. The van der Waals surface area contributed by atoms with Crippen LogP contribution >= 0.6 is 0 Å². The van der Waals surface area contributed by atoms with Crippen molar-refractivity contribution in [1.82, 2.24) is 29.5 Å². The van der Waals surface area contributed by atoms with Crippen LogP contribution in [0.4, 0.5) is 0 Å². The van der Waals surface area contributed by atoms with Crippen molar-refractivity contribution in [3.63, 3.8) is 0 Å². The van der Waals surface area contributed by atoms with Gasteiger partial charge >= 0.3 is 0 Å². The van der Waals surface area contributed by atoms with Crippen LogP contribution in [-0.4, -0.2) is 57.9 Å². The van der Waals surface area contributed by atoms with Crippen molar-refractivity contribution in [2.24, 2.45) is 0 Å². The average Bonchev–Trinajstić information content (AvgIpc) is 3.23. The van der Waals surface area contributed by atoms with Crippen molar-refractivity contribution < 1.29 is 17.7 Å². The second-order valence-corrected chi connectivity index (χ2v) is 9.14. The van der Waals surface area contributed by atoms with Gasteiger partial charge in [0.05, 0.1) is 18.5 Å². The first kappa shape index (κ1) is 20.5. The van der Waals surface area contributed by atoms with Gasteiger partial charge < -0.3 is 9.84 Å². The lowest BCUT2D eigenvalue weighted by molar-refractivity contribution is -0.121. The van der Waals surface area contributed by atoms with E-state index in [1.807, 2.05) is 24.6 Å². The van der Waals surface area contributed by atoms with E-state index >= 15 is 0 Å². The predicted octanol–water partition coefficient (Wildman–Crippen LogP) is 0.728. The Kier molecular flexibility index (Phi) is 6.14. The van der Waals surface area contributed by atoms with Crippen molar-refractivity contribution >= 4 is 15.9 Å². The van der Waals surface area contributed by atoms with Crippen molar-refractivity contribution in [3.05, 3.63) is 29.2 Å². The Labute approximate surface area is 164 Å². The fraction of sp³-hybridized carbons (Fsp3) is 0.647. The maximum atomic E-state index is 12.0. The Balaban J connectivity index is 1.44. The predicted molar refractivity (Wildman–Crippen MR) is 101 cm³/mol. The second-order valence-electron chi connectivity index (χ2n) is 7.16. The Morgan fingerprint density at radius 3 is 2.64 bits per heavy atom. The number of nitrogens with zero attached hydrogens (tertiary/aromatic N) is 5. The van der Waals surface area contributed by atoms with Gasteiger partial charge in [-0.3, -0.25) is 9.48 Å². The molecule has 1 amide bonds. The quantitative estimate of drug-likeness (QED) is 0.713. The van der Waals surface area contributed by atoms with Gasteiger partial charge in [0.25, 0.3) is 0 Å². The zero-order valence-corrected chi connectivity index (χ0v) is 17.2. The first-order valence-electron chi connectivity index (χ1n) is 9.27. The third-order valence-corrected chi connectivity index (χ3v) is 6.17. The van der Waals surface area contributed by atoms with Crippen LogP contribution < -0.4 is 5.32 Å². The molecule has 0 bridgehead atoms. The number of piperidine rings is 1. The van der Waals surface area contributed by atoms with Gasteiger partial charge in [-0.1, -0.05) is 5.16 Å². The fourth-order valence-electron chi connectivity index (χ4n) is 3.32. The molecule has 1 aliphatic heterocycles. The van der Waals surface area contributed by atoms with E-state index in [9.17, 15) is 13.2 Å². The molecular formula is C17H26N6O4S. The molecule has 0 saturated carbocycles. The van der Waals surface area contributed by atoms with Gasteiger partial charge in [0.2, 0.25) is 21.8 Å². The van der Waals surface area contributed by atoms with Crippen molar-refractivity contribution in [2.75, 3.05) is 19.3 Å². The summed E-state index contributed by atoms with van der Waals surface area (Å²) in [7, 11) is -3.16. The van der Waals surface area contributed by atoms with Crippen LogP contribution in [0.25, 0.3) is 0 Å². The molecule has 0 unspecified atom stereocenters. The zero-order valence-electron chi connectivity index (χ0n) is 16.4. The summed E-state index contributed by atoms with van der Waals surface area (Å²) in [4.78, 5) is 16.4. The normalized spacial score (nSPS) is 16.4. The number of nitrogens with one attached hydrogen (secondary N) is 1. The standard InChI is InChI=1S/C17H26N6O4S/c1-12-10-13(2)23(20-12)9-6-15(24)18-11-16-19-17(21-27-16)14-4-7-22(8-5-14)28(3,25)26/h10,14H,4-9,11H2,1-3H3,(H,18,24). The number of rotatable bonds is 7. The lowest BCUT2D eigenvalue weighted by Crippen LogP contribution is -2.37. The molecule has 11 heteroatoms. The maximum absolute atomic E-state index is 12.0. The van der Waals surface area contributed by atoms with Gasteiger partial charge in [0, 0.05) is 37.7 Å².